The fraction of sp³-hybridized carbons (Fsp3) is 0.174. The van der Waals surface area contributed by atoms with Gasteiger partial charge in [-0.1, -0.05) is 72.3 Å². The molecule has 0 unspecified atom stereocenters. The Kier molecular flexibility index (Phi) is 4.52. The number of aromatic nitrogens is 3. The number of allylic oxidation sites excluding steroid dienone is 3. The molecule has 5 nitrogen and oxygen atoms in total. The van der Waals surface area contributed by atoms with Crippen LogP contribution in [0.3, 0.4) is 0 Å². The molecule has 3 atom stereocenters. The Hall–Kier alpha value is -3.18. The van der Waals surface area contributed by atoms with Gasteiger partial charge in [0.15, 0.2) is 0 Å². The Bertz CT molecular complexity index is 1100. The second-order valence-electron chi connectivity index (χ2n) is 7.34. The molecular formula is C23H19ClN4O. The Labute approximate surface area is 173 Å². The SMILES string of the molecule is O=C1C[C@@H](c2ccc(Cl)cc2)C=C2Nc3ncnn3[C@@H](/C=C/c3ccccc3)[C@H]12. The van der Waals surface area contributed by atoms with E-state index in [2.05, 4.69) is 21.5 Å². The molecule has 1 aliphatic carbocycles. The van der Waals surface area contributed by atoms with Crippen LogP contribution in [0.1, 0.15) is 29.5 Å². The number of nitrogens with one attached hydrogen (secondary N) is 1. The van der Waals surface area contributed by atoms with Gasteiger partial charge in [0.2, 0.25) is 5.95 Å². The summed E-state index contributed by atoms with van der Waals surface area (Å²) in [7, 11) is 0. The minimum absolute atomic E-state index is 0.0201. The maximum atomic E-state index is 13.2. The van der Waals surface area contributed by atoms with E-state index in [0.29, 0.717) is 17.4 Å². The number of carbonyl (C=O) groups excluding carboxylic acids is 1. The molecule has 6 heteroatoms. The van der Waals surface area contributed by atoms with Gasteiger partial charge in [-0.15, -0.1) is 0 Å². The highest BCUT2D eigenvalue weighted by atomic mass is 35.5. The Morgan fingerprint density at radius 1 is 1.10 bits per heavy atom. The molecule has 0 saturated heterocycles. The van der Waals surface area contributed by atoms with Crippen LogP contribution in [0.4, 0.5) is 5.95 Å². The number of carbonyl (C=O) groups is 1. The van der Waals surface area contributed by atoms with Gasteiger partial charge in [0.25, 0.3) is 0 Å². The predicted octanol–water partition coefficient (Wildman–Crippen LogP) is 4.87. The van der Waals surface area contributed by atoms with Crippen molar-refractivity contribution in [3.05, 3.63) is 94.9 Å². The average molecular weight is 403 g/mol. The van der Waals surface area contributed by atoms with Crippen molar-refractivity contribution in [3.8, 4) is 0 Å². The largest absolute Gasteiger partial charge is 0.328 e. The number of Topliss-reactive ketones (excluding diaryl/α,β-unsaturated/α-hetero) is 1. The number of fused-ring (bicyclic) bond motifs is 2. The van der Waals surface area contributed by atoms with Crippen molar-refractivity contribution in [1.29, 1.82) is 0 Å². The van der Waals surface area contributed by atoms with Gasteiger partial charge in [0, 0.05) is 23.1 Å². The van der Waals surface area contributed by atoms with Crippen LogP contribution in [0.5, 0.6) is 0 Å². The van der Waals surface area contributed by atoms with E-state index in [1.807, 2.05) is 66.7 Å². The third kappa shape index (κ3) is 3.38. The number of anilines is 1. The summed E-state index contributed by atoms with van der Waals surface area (Å²) in [5.41, 5.74) is 3.06. The quantitative estimate of drug-likeness (QED) is 0.679. The number of halogens is 1. The van der Waals surface area contributed by atoms with Crippen LogP contribution in [-0.2, 0) is 4.79 Å². The maximum absolute atomic E-state index is 13.2. The summed E-state index contributed by atoms with van der Waals surface area (Å²) in [6.07, 6.45) is 8.21. The fourth-order valence-electron chi connectivity index (χ4n) is 4.11. The molecule has 0 saturated carbocycles. The molecule has 5 rings (SSSR count). The molecular weight excluding hydrogens is 384 g/mol. The summed E-state index contributed by atoms with van der Waals surface area (Å²) >= 11 is 6.02. The number of ketones is 1. The van der Waals surface area contributed by atoms with Gasteiger partial charge in [0.1, 0.15) is 12.1 Å². The third-order valence-electron chi connectivity index (χ3n) is 5.52. The molecule has 1 aromatic heterocycles. The van der Waals surface area contributed by atoms with E-state index in [1.54, 1.807) is 4.68 Å². The molecule has 144 valence electrons. The number of rotatable bonds is 3. The Balaban J connectivity index is 1.52. The lowest BCUT2D eigenvalue weighted by molar-refractivity contribution is -0.123. The van der Waals surface area contributed by atoms with E-state index in [4.69, 9.17) is 11.6 Å². The summed E-state index contributed by atoms with van der Waals surface area (Å²) in [6, 6.07) is 17.5. The Morgan fingerprint density at radius 3 is 2.69 bits per heavy atom. The van der Waals surface area contributed by atoms with Crippen LogP contribution in [0.15, 0.2) is 78.8 Å². The number of benzene rings is 2. The van der Waals surface area contributed by atoms with Gasteiger partial charge in [-0.3, -0.25) is 4.79 Å². The standard InChI is InChI=1S/C23H19ClN4O/c24-18-9-7-16(8-10-18)17-12-19-22(21(29)13-17)20(28-23(27-19)25-14-26-28)11-6-15-4-2-1-3-5-15/h1-12,14,17,20,22H,13H2,(H,25,26,27)/b11-6+/t17-,20-,22+/m0/s1. The maximum Gasteiger partial charge on any atom is 0.225 e. The first-order valence-electron chi connectivity index (χ1n) is 9.59. The number of hydrogen-bond donors (Lipinski definition) is 1. The molecule has 0 radical (unpaired) electrons. The van der Waals surface area contributed by atoms with Crippen molar-refractivity contribution in [2.75, 3.05) is 5.32 Å². The molecule has 2 aliphatic rings. The van der Waals surface area contributed by atoms with E-state index in [1.165, 1.54) is 6.33 Å². The van der Waals surface area contributed by atoms with Crippen molar-refractivity contribution in [2.24, 2.45) is 5.92 Å². The predicted molar refractivity (Wildman–Crippen MR) is 114 cm³/mol. The van der Waals surface area contributed by atoms with Gasteiger partial charge in [-0.05, 0) is 23.3 Å². The van der Waals surface area contributed by atoms with Gasteiger partial charge >= 0.3 is 0 Å². The molecule has 0 bridgehead atoms. The van der Waals surface area contributed by atoms with Crippen molar-refractivity contribution >= 4 is 29.4 Å². The average Bonchev–Trinajstić information content (AvgIpc) is 3.21. The lowest BCUT2D eigenvalue weighted by atomic mass is 9.77. The smallest absolute Gasteiger partial charge is 0.225 e. The highest BCUT2D eigenvalue weighted by molar-refractivity contribution is 6.30. The first-order chi connectivity index (χ1) is 14.2. The van der Waals surface area contributed by atoms with E-state index in [0.717, 1.165) is 16.8 Å². The van der Waals surface area contributed by atoms with Gasteiger partial charge < -0.3 is 5.32 Å². The van der Waals surface area contributed by atoms with Gasteiger partial charge in [0.05, 0.1) is 12.0 Å². The van der Waals surface area contributed by atoms with Crippen LogP contribution in [0, 0.1) is 5.92 Å². The summed E-state index contributed by atoms with van der Waals surface area (Å²) in [6.45, 7) is 0. The van der Waals surface area contributed by atoms with E-state index >= 15 is 0 Å². The third-order valence-corrected chi connectivity index (χ3v) is 5.77. The van der Waals surface area contributed by atoms with Gasteiger partial charge in [-0.2, -0.15) is 10.1 Å². The Morgan fingerprint density at radius 2 is 1.90 bits per heavy atom. The van der Waals surface area contributed by atoms with Gasteiger partial charge in [-0.25, -0.2) is 4.68 Å². The van der Waals surface area contributed by atoms with Crippen LogP contribution in [0.25, 0.3) is 6.08 Å². The highest BCUT2D eigenvalue weighted by Crippen LogP contribution is 2.42. The normalized spacial score (nSPS) is 23.3. The number of hydrogen-bond acceptors (Lipinski definition) is 4. The molecule has 1 N–H and O–H groups in total. The van der Waals surface area contributed by atoms with Crippen LogP contribution in [0.2, 0.25) is 5.02 Å². The molecule has 2 aromatic carbocycles. The molecule has 2 heterocycles. The second kappa shape index (κ2) is 7.33. The van der Waals surface area contributed by atoms with Crippen molar-refractivity contribution in [1.82, 2.24) is 14.8 Å². The van der Waals surface area contributed by atoms with E-state index in [9.17, 15) is 4.79 Å². The topological polar surface area (TPSA) is 59.8 Å². The first kappa shape index (κ1) is 17.9. The van der Waals surface area contributed by atoms with Crippen molar-refractivity contribution in [3.63, 3.8) is 0 Å². The monoisotopic (exact) mass is 402 g/mol. The zero-order valence-corrected chi connectivity index (χ0v) is 16.3. The van der Waals surface area contributed by atoms with Crippen molar-refractivity contribution in [2.45, 2.75) is 18.4 Å². The summed E-state index contributed by atoms with van der Waals surface area (Å²) in [5.74, 6) is 0.568. The molecule has 0 spiro atoms. The van der Waals surface area contributed by atoms with Crippen LogP contribution < -0.4 is 5.32 Å². The highest BCUT2D eigenvalue weighted by Gasteiger charge is 2.41. The molecule has 1 aliphatic heterocycles. The zero-order valence-electron chi connectivity index (χ0n) is 15.6. The number of nitrogens with zero attached hydrogens (tertiary/aromatic N) is 3. The minimum atomic E-state index is -0.298. The fourth-order valence-corrected chi connectivity index (χ4v) is 4.23. The molecule has 0 amide bonds. The van der Waals surface area contributed by atoms with E-state index in [-0.39, 0.29) is 23.7 Å². The van der Waals surface area contributed by atoms with E-state index < -0.39 is 0 Å². The molecule has 0 fully saturated rings. The lowest BCUT2D eigenvalue weighted by Crippen LogP contribution is -2.38. The summed E-state index contributed by atoms with van der Waals surface area (Å²) in [5, 5.41) is 8.37. The lowest BCUT2D eigenvalue weighted by Gasteiger charge is -2.36. The zero-order chi connectivity index (χ0) is 19.8. The molecule has 29 heavy (non-hydrogen) atoms. The summed E-state index contributed by atoms with van der Waals surface area (Å²) in [4.78, 5) is 17.6. The summed E-state index contributed by atoms with van der Waals surface area (Å²) < 4.78 is 1.79. The van der Waals surface area contributed by atoms with Crippen LogP contribution >= 0.6 is 11.6 Å². The second-order valence-corrected chi connectivity index (χ2v) is 7.78. The van der Waals surface area contributed by atoms with Crippen LogP contribution in [-0.4, -0.2) is 20.5 Å². The first-order valence-corrected chi connectivity index (χ1v) is 9.96. The molecule has 3 aromatic rings. The minimum Gasteiger partial charge on any atom is -0.328 e. The van der Waals surface area contributed by atoms with Crippen molar-refractivity contribution < 1.29 is 4.79 Å².